The molecule has 0 atom stereocenters. The SMILES string of the molecule is CC1(F)CC(N)(c2ccccc2F)C1. The minimum Gasteiger partial charge on any atom is -0.321 e. The summed E-state index contributed by atoms with van der Waals surface area (Å²) in [5, 5.41) is 0. The Hall–Kier alpha value is -0.960. The van der Waals surface area contributed by atoms with Crippen LogP contribution in [0.25, 0.3) is 0 Å². The molecule has 0 spiro atoms. The van der Waals surface area contributed by atoms with Crippen molar-refractivity contribution >= 4 is 0 Å². The second kappa shape index (κ2) is 2.76. The fraction of sp³-hybridized carbons (Fsp3) is 0.455. The Kier molecular flexibility index (Phi) is 1.89. The summed E-state index contributed by atoms with van der Waals surface area (Å²) >= 11 is 0. The lowest BCUT2D eigenvalue weighted by Crippen LogP contribution is -2.56. The van der Waals surface area contributed by atoms with Crippen LogP contribution in [0.4, 0.5) is 8.78 Å². The van der Waals surface area contributed by atoms with Gasteiger partial charge in [-0.2, -0.15) is 0 Å². The zero-order chi connectivity index (χ0) is 10.4. The van der Waals surface area contributed by atoms with E-state index in [0.717, 1.165) is 0 Å². The molecule has 1 aliphatic rings. The molecule has 0 bridgehead atoms. The number of hydrogen-bond donors (Lipinski definition) is 1. The van der Waals surface area contributed by atoms with Crippen LogP contribution >= 0.6 is 0 Å². The van der Waals surface area contributed by atoms with Crippen molar-refractivity contribution in [2.24, 2.45) is 5.73 Å². The first-order chi connectivity index (χ1) is 6.43. The van der Waals surface area contributed by atoms with Crippen molar-refractivity contribution in [3.63, 3.8) is 0 Å². The lowest BCUT2D eigenvalue weighted by Gasteiger charge is -2.48. The number of alkyl halides is 1. The van der Waals surface area contributed by atoms with Crippen LogP contribution in [0.2, 0.25) is 0 Å². The molecular formula is C11H13F2N. The summed E-state index contributed by atoms with van der Waals surface area (Å²) in [4.78, 5) is 0. The predicted molar refractivity (Wildman–Crippen MR) is 51.0 cm³/mol. The summed E-state index contributed by atoms with van der Waals surface area (Å²) in [6.45, 7) is 1.50. The number of nitrogens with two attached hydrogens (primary N) is 1. The van der Waals surface area contributed by atoms with Gasteiger partial charge >= 0.3 is 0 Å². The summed E-state index contributed by atoms with van der Waals surface area (Å²) in [6.07, 6.45) is 0.391. The first kappa shape index (κ1) is 9.59. The Labute approximate surface area is 81.9 Å². The second-order valence-electron chi connectivity index (χ2n) is 4.40. The van der Waals surface area contributed by atoms with Gasteiger partial charge in [0, 0.05) is 23.9 Å². The topological polar surface area (TPSA) is 26.0 Å². The molecule has 0 radical (unpaired) electrons. The number of hydrogen-bond acceptors (Lipinski definition) is 1. The second-order valence-corrected chi connectivity index (χ2v) is 4.40. The summed E-state index contributed by atoms with van der Waals surface area (Å²) in [5.74, 6) is -0.342. The largest absolute Gasteiger partial charge is 0.321 e. The molecule has 0 aromatic heterocycles. The van der Waals surface area contributed by atoms with Gasteiger partial charge in [0.15, 0.2) is 0 Å². The molecule has 14 heavy (non-hydrogen) atoms. The lowest BCUT2D eigenvalue weighted by atomic mass is 9.64. The van der Waals surface area contributed by atoms with Gasteiger partial charge in [0.2, 0.25) is 0 Å². The molecule has 3 heteroatoms. The van der Waals surface area contributed by atoms with E-state index < -0.39 is 11.2 Å². The first-order valence-electron chi connectivity index (χ1n) is 4.66. The third kappa shape index (κ3) is 1.42. The Morgan fingerprint density at radius 2 is 1.86 bits per heavy atom. The molecule has 2 N–H and O–H groups in total. The zero-order valence-electron chi connectivity index (χ0n) is 8.06. The lowest BCUT2D eigenvalue weighted by molar-refractivity contribution is -0.000393. The van der Waals surface area contributed by atoms with Gasteiger partial charge in [0.05, 0.1) is 0 Å². The van der Waals surface area contributed by atoms with Crippen LogP contribution in [0.5, 0.6) is 0 Å². The van der Waals surface area contributed by atoms with Gasteiger partial charge in [-0.3, -0.25) is 0 Å². The molecule has 1 saturated carbocycles. The van der Waals surface area contributed by atoms with Crippen LogP contribution in [0.3, 0.4) is 0 Å². The van der Waals surface area contributed by atoms with Gasteiger partial charge in [-0.1, -0.05) is 18.2 Å². The molecular weight excluding hydrogens is 184 g/mol. The first-order valence-corrected chi connectivity index (χ1v) is 4.66. The molecule has 0 aliphatic heterocycles. The highest BCUT2D eigenvalue weighted by Gasteiger charge is 2.52. The average Bonchev–Trinajstić information content (AvgIpc) is 2.00. The highest BCUT2D eigenvalue weighted by molar-refractivity contribution is 5.30. The van der Waals surface area contributed by atoms with Gasteiger partial charge in [0.25, 0.3) is 0 Å². The van der Waals surface area contributed by atoms with Gasteiger partial charge < -0.3 is 5.73 Å². The molecule has 1 fully saturated rings. The molecule has 0 unspecified atom stereocenters. The van der Waals surface area contributed by atoms with E-state index in [0.29, 0.717) is 5.56 Å². The average molecular weight is 197 g/mol. The molecule has 76 valence electrons. The van der Waals surface area contributed by atoms with E-state index in [9.17, 15) is 8.78 Å². The van der Waals surface area contributed by atoms with Crippen molar-refractivity contribution in [3.8, 4) is 0 Å². The third-order valence-corrected chi connectivity index (χ3v) is 2.78. The van der Waals surface area contributed by atoms with E-state index in [1.54, 1.807) is 18.2 Å². The fourth-order valence-electron chi connectivity index (χ4n) is 2.32. The van der Waals surface area contributed by atoms with E-state index in [2.05, 4.69) is 0 Å². The quantitative estimate of drug-likeness (QED) is 0.735. The summed E-state index contributed by atoms with van der Waals surface area (Å²) < 4.78 is 26.7. The van der Waals surface area contributed by atoms with Crippen molar-refractivity contribution < 1.29 is 8.78 Å². The molecule has 0 saturated heterocycles. The zero-order valence-corrected chi connectivity index (χ0v) is 8.06. The number of benzene rings is 1. The standard InChI is InChI=1S/C11H13F2N/c1-10(13)6-11(14,7-10)8-4-2-3-5-9(8)12/h2-5H,6-7,14H2,1H3. The van der Waals surface area contributed by atoms with Gasteiger partial charge in [0.1, 0.15) is 11.5 Å². The molecule has 0 heterocycles. The van der Waals surface area contributed by atoms with Crippen LogP contribution in [0.15, 0.2) is 24.3 Å². The van der Waals surface area contributed by atoms with Crippen molar-refractivity contribution in [1.82, 2.24) is 0 Å². The van der Waals surface area contributed by atoms with Gasteiger partial charge in [-0.05, 0) is 13.0 Å². The molecule has 2 rings (SSSR count). The maximum Gasteiger partial charge on any atom is 0.128 e. The molecule has 1 nitrogen and oxygen atoms in total. The van der Waals surface area contributed by atoms with E-state index in [4.69, 9.17) is 5.73 Å². The minimum absolute atomic E-state index is 0.195. The van der Waals surface area contributed by atoms with E-state index in [-0.39, 0.29) is 18.7 Å². The molecule has 1 aliphatic carbocycles. The Morgan fingerprint density at radius 3 is 2.36 bits per heavy atom. The van der Waals surface area contributed by atoms with E-state index >= 15 is 0 Å². The summed E-state index contributed by atoms with van der Waals surface area (Å²) in [7, 11) is 0. The number of rotatable bonds is 1. The maximum atomic E-state index is 13.4. The normalized spacial score (nSPS) is 36.6. The van der Waals surface area contributed by atoms with Crippen molar-refractivity contribution in [2.75, 3.05) is 0 Å². The van der Waals surface area contributed by atoms with Crippen molar-refractivity contribution in [1.29, 1.82) is 0 Å². The summed E-state index contributed by atoms with van der Waals surface area (Å²) in [5.41, 5.74) is 4.30. The third-order valence-electron chi connectivity index (χ3n) is 2.78. The molecule has 1 aromatic carbocycles. The number of halogens is 2. The monoisotopic (exact) mass is 197 g/mol. The van der Waals surface area contributed by atoms with Crippen LogP contribution in [-0.2, 0) is 5.54 Å². The molecule has 1 aromatic rings. The van der Waals surface area contributed by atoms with Crippen LogP contribution < -0.4 is 5.73 Å². The van der Waals surface area contributed by atoms with E-state index in [1.165, 1.54) is 13.0 Å². The van der Waals surface area contributed by atoms with Crippen LogP contribution in [0.1, 0.15) is 25.3 Å². The Balaban J connectivity index is 2.30. The smallest absolute Gasteiger partial charge is 0.128 e. The van der Waals surface area contributed by atoms with Crippen LogP contribution in [-0.4, -0.2) is 5.67 Å². The van der Waals surface area contributed by atoms with Crippen molar-refractivity contribution in [3.05, 3.63) is 35.6 Å². The van der Waals surface area contributed by atoms with E-state index in [1.807, 2.05) is 0 Å². The van der Waals surface area contributed by atoms with Crippen LogP contribution in [0, 0.1) is 5.82 Å². The fourth-order valence-corrected chi connectivity index (χ4v) is 2.32. The Morgan fingerprint density at radius 1 is 1.29 bits per heavy atom. The van der Waals surface area contributed by atoms with Gasteiger partial charge in [-0.25, -0.2) is 8.78 Å². The van der Waals surface area contributed by atoms with Gasteiger partial charge in [-0.15, -0.1) is 0 Å². The maximum absolute atomic E-state index is 13.4. The Bertz CT molecular complexity index is 352. The highest BCUT2D eigenvalue weighted by Crippen LogP contribution is 2.49. The minimum atomic E-state index is -1.24. The predicted octanol–water partition coefficient (Wildman–Crippen LogP) is 2.50. The highest BCUT2D eigenvalue weighted by atomic mass is 19.1. The van der Waals surface area contributed by atoms with Crippen molar-refractivity contribution in [2.45, 2.75) is 31.0 Å². The summed E-state index contributed by atoms with van der Waals surface area (Å²) in [6, 6.07) is 6.32. The molecule has 0 amide bonds.